The van der Waals surface area contributed by atoms with E-state index in [0.717, 1.165) is 20.9 Å². The van der Waals surface area contributed by atoms with Crippen molar-refractivity contribution in [3.63, 3.8) is 0 Å². The second-order valence-corrected chi connectivity index (χ2v) is 7.48. The van der Waals surface area contributed by atoms with E-state index >= 15 is 0 Å². The highest BCUT2D eigenvalue weighted by Gasteiger charge is 2.17. The number of ether oxygens (including phenoxy) is 1. The Bertz CT molecular complexity index is 1080. The van der Waals surface area contributed by atoms with Crippen LogP contribution < -0.4 is 14.9 Å². The van der Waals surface area contributed by atoms with Crippen molar-refractivity contribution < 1.29 is 9.53 Å². The summed E-state index contributed by atoms with van der Waals surface area (Å²) in [6.07, 6.45) is 1.86. The van der Waals surface area contributed by atoms with Crippen LogP contribution >= 0.6 is 22.7 Å². The van der Waals surface area contributed by atoms with Crippen molar-refractivity contribution in [3.8, 4) is 17.0 Å². The highest BCUT2D eigenvalue weighted by molar-refractivity contribution is 7.11. The highest BCUT2D eigenvalue weighted by atomic mass is 32.1. The maximum absolute atomic E-state index is 11.6. The number of thiophene rings is 1. The number of aromatic nitrogens is 1. The zero-order chi connectivity index (χ0) is 18.1. The first-order valence-electron chi connectivity index (χ1n) is 7.94. The van der Waals surface area contributed by atoms with Gasteiger partial charge < -0.3 is 10.1 Å². The summed E-state index contributed by atoms with van der Waals surface area (Å²) in [7, 11) is 1.75. The summed E-state index contributed by atoms with van der Waals surface area (Å²) in [5.41, 5.74) is 3.70. The lowest BCUT2D eigenvalue weighted by Crippen LogP contribution is -2.25. The Balaban J connectivity index is 1.77. The third-order valence-electron chi connectivity index (χ3n) is 3.98. The molecule has 2 aromatic heterocycles. The number of anilines is 1. The van der Waals surface area contributed by atoms with E-state index in [2.05, 4.69) is 28.4 Å². The number of rotatable bonds is 3. The first-order valence-corrected chi connectivity index (χ1v) is 9.70. The van der Waals surface area contributed by atoms with Gasteiger partial charge in [0.15, 0.2) is 6.61 Å². The molecular formula is C18H16N4O2S2. The van der Waals surface area contributed by atoms with E-state index in [1.165, 1.54) is 16.9 Å². The topological polar surface area (TPSA) is 68.0 Å². The normalized spacial score (nSPS) is 14.4. The molecule has 0 atom stereocenters. The van der Waals surface area contributed by atoms with E-state index in [9.17, 15) is 4.79 Å². The fourth-order valence-corrected chi connectivity index (χ4v) is 4.21. The van der Waals surface area contributed by atoms with Gasteiger partial charge in [-0.3, -0.25) is 9.79 Å². The van der Waals surface area contributed by atoms with Crippen LogP contribution in [0, 0.1) is 6.92 Å². The fourth-order valence-electron chi connectivity index (χ4n) is 2.63. The maximum atomic E-state index is 11.6. The quantitative estimate of drug-likeness (QED) is 0.704. The molecular weight excluding hydrogens is 368 g/mol. The molecule has 1 aromatic carbocycles. The van der Waals surface area contributed by atoms with Gasteiger partial charge in [-0.05, 0) is 42.1 Å². The number of hydrogen-bond acceptors (Lipinski definition) is 6. The SMILES string of the molecule is CN=c1scc(-c2ccc3c(c2)NC(=O)CO3)n1N=Cc1sccc1C. The predicted octanol–water partition coefficient (Wildman–Crippen LogP) is 3.33. The molecule has 132 valence electrons. The largest absolute Gasteiger partial charge is 0.482 e. The molecule has 6 nitrogen and oxygen atoms in total. The predicted molar refractivity (Wildman–Crippen MR) is 105 cm³/mol. The number of amides is 1. The Labute approximate surface area is 158 Å². The molecule has 1 aliphatic rings. The number of carbonyl (C=O) groups is 1. The van der Waals surface area contributed by atoms with E-state index in [0.29, 0.717) is 11.4 Å². The Morgan fingerprint density at radius 3 is 2.96 bits per heavy atom. The van der Waals surface area contributed by atoms with Crippen molar-refractivity contribution in [1.29, 1.82) is 0 Å². The van der Waals surface area contributed by atoms with Crippen LogP contribution in [0.15, 0.2) is 45.1 Å². The zero-order valence-corrected chi connectivity index (χ0v) is 15.9. The van der Waals surface area contributed by atoms with Gasteiger partial charge in [0.1, 0.15) is 5.75 Å². The van der Waals surface area contributed by atoms with Gasteiger partial charge in [-0.2, -0.15) is 5.10 Å². The van der Waals surface area contributed by atoms with E-state index in [4.69, 9.17) is 4.74 Å². The van der Waals surface area contributed by atoms with E-state index in [-0.39, 0.29) is 12.5 Å². The van der Waals surface area contributed by atoms with Crippen LogP contribution in [-0.4, -0.2) is 30.5 Å². The summed E-state index contributed by atoms with van der Waals surface area (Å²) in [6.45, 7) is 2.11. The van der Waals surface area contributed by atoms with Gasteiger partial charge in [0.05, 0.1) is 22.5 Å². The number of nitrogens with zero attached hydrogens (tertiary/aromatic N) is 3. The van der Waals surface area contributed by atoms with Gasteiger partial charge >= 0.3 is 0 Å². The number of aryl methyl sites for hydroxylation is 1. The molecule has 0 saturated carbocycles. The molecule has 0 aliphatic carbocycles. The molecule has 3 aromatic rings. The highest BCUT2D eigenvalue weighted by Crippen LogP contribution is 2.32. The van der Waals surface area contributed by atoms with Gasteiger partial charge in [0.2, 0.25) is 4.80 Å². The summed E-state index contributed by atoms with van der Waals surface area (Å²) < 4.78 is 7.25. The lowest BCUT2D eigenvalue weighted by Gasteiger charge is -2.18. The van der Waals surface area contributed by atoms with Crippen LogP contribution in [0.3, 0.4) is 0 Å². The van der Waals surface area contributed by atoms with Crippen molar-refractivity contribution in [3.05, 3.63) is 50.3 Å². The van der Waals surface area contributed by atoms with E-state index in [1.807, 2.05) is 39.8 Å². The second kappa shape index (κ2) is 6.89. The molecule has 0 fully saturated rings. The first kappa shape index (κ1) is 16.7. The Kier molecular flexibility index (Phi) is 4.44. The molecule has 0 unspecified atom stereocenters. The summed E-state index contributed by atoms with van der Waals surface area (Å²) in [6, 6.07) is 7.79. The van der Waals surface area contributed by atoms with Crippen LogP contribution in [0.1, 0.15) is 10.4 Å². The molecule has 1 N–H and O–H groups in total. The smallest absolute Gasteiger partial charge is 0.262 e. The maximum Gasteiger partial charge on any atom is 0.262 e. The van der Waals surface area contributed by atoms with Crippen molar-refractivity contribution in [2.24, 2.45) is 10.1 Å². The van der Waals surface area contributed by atoms with Crippen LogP contribution in [-0.2, 0) is 4.79 Å². The molecule has 26 heavy (non-hydrogen) atoms. The van der Waals surface area contributed by atoms with E-state index in [1.54, 1.807) is 18.4 Å². The zero-order valence-electron chi connectivity index (χ0n) is 14.2. The lowest BCUT2D eigenvalue weighted by molar-refractivity contribution is -0.118. The van der Waals surface area contributed by atoms with Crippen LogP contribution in [0.25, 0.3) is 11.3 Å². The number of thiazole rings is 1. The second-order valence-electron chi connectivity index (χ2n) is 5.70. The molecule has 1 aliphatic heterocycles. The average Bonchev–Trinajstić information content (AvgIpc) is 3.24. The average molecular weight is 384 g/mol. The number of nitrogens with one attached hydrogen (secondary N) is 1. The molecule has 4 rings (SSSR count). The lowest BCUT2D eigenvalue weighted by atomic mass is 10.1. The van der Waals surface area contributed by atoms with Gasteiger partial charge in [-0.25, -0.2) is 4.68 Å². The Morgan fingerprint density at radius 1 is 1.31 bits per heavy atom. The first-order chi connectivity index (χ1) is 12.7. The molecule has 1 amide bonds. The van der Waals surface area contributed by atoms with Gasteiger partial charge in [-0.15, -0.1) is 22.7 Å². The summed E-state index contributed by atoms with van der Waals surface area (Å²) >= 11 is 3.17. The summed E-state index contributed by atoms with van der Waals surface area (Å²) in [5.74, 6) is 0.525. The molecule has 3 heterocycles. The molecule has 0 radical (unpaired) electrons. The minimum atomic E-state index is -0.150. The molecule has 8 heteroatoms. The summed E-state index contributed by atoms with van der Waals surface area (Å²) in [5, 5.41) is 11.5. The molecule has 0 spiro atoms. The minimum Gasteiger partial charge on any atom is -0.482 e. The fraction of sp³-hybridized carbons (Fsp3) is 0.167. The number of carbonyl (C=O) groups excluding carboxylic acids is 1. The summed E-state index contributed by atoms with van der Waals surface area (Å²) in [4.78, 5) is 17.8. The number of hydrogen-bond donors (Lipinski definition) is 1. The van der Waals surface area contributed by atoms with E-state index < -0.39 is 0 Å². The van der Waals surface area contributed by atoms with Gasteiger partial charge in [0.25, 0.3) is 5.91 Å². The third kappa shape index (κ3) is 3.09. The monoisotopic (exact) mass is 384 g/mol. The Morgan fingerprint density at radius 2 is 2.19 bits per heavy atom. The number of fused-ring (bicyclic) bond motifs is 1. The molecule has 0 bridgehead atoms. The van der Waals surface area contributed by atoms with Crippen LogP contribution in [0.4, 0.5) is 5.69 Å². The standard InChI is InChI=1S/C18H16N4O2S2/c1-11-5-6-25-16(11)8-20-22-14(10-26-18(22)19-2)12-3-4-15-13(7-12)21-17(23)9-24-15/h3-8,10H,9H2,1-2H3,(H,21,23). The number of benzene rings is 1. The van der Waals surface area contributed by atoms with Gasteiger partial charge in [-0.1, -0.05) is 0 Å². The van der Waals surface area contributed by atoms with Crippen molar-refractivity contribution in [2.75, 3.05) is 19.0 Å². The van der Waals surface area contributed by atoms with Crippen molar-refractivity contribution in [1.82, 2.24) is 4.68 Å². The molecule has 0 saturated heterocycles. The van der Waals surface area contributed by atoms with Crippen LogP contribution in [0.2, 0.25) is 0 Å². The third-order valence-corrected chi connectivity index (χ3v) is 5.84. The van der Waals surface area contributed by atoms with Crippen molar-refractivity contribution in [2.45, 2.75) is 6.92 Å². The van der Waals surface area contributed by atoms with Crippen molar-refractivity contribution >= 4 is 40.5 Å². The Hall–Kier alpha value is -2.71. The minimum absolute atomic E-state index is 0.0497. The van der Waals surface area contributed by atoms with Gasteiger partial charge in [0, 0.05) is 18.0 Å². The van der Waals surface area contributed by atoms with Crippen LogP contribution in [0.5, 0.6) is 5.75 Å².